The first-order valence-corrected chi connectivity index (χ1v) is 9.71. The van der Waals surface area contributed by atoms with Crippen molar-refractivity contribution in [3.8, 4) is 0 Å². The highest BCUT2D eigenvalue weighted by Gasteiger charge is 2.65. The molecule has 0 radical (unpaired) electrons. The van der Waals surface area contributed by atoms with Crippen molar-refractivity contribution in [1.82, 2.24) is 9.13 Å². The normalized spacial score (nSPS) is 51.5. The summed E-state index contributed by atoms with van der Waals surface area (Å²) in [7, 11) is -2.19. The fourth-order valence-electron chi connectivity index (χ4n) is 4.51. The lowest BCUT2D eigenvalue weighted by Crippen LogP contribution is -2.66. The highest BCUT2D eigenvalue weighted by Crippen LogP contribution is 2.42. The molecule has 4 aliphatic heterocycles. The molecule has 4 aliphatic rings. The van der Waals surface area contributed by atoms with Crippen molar-refractivity contribution in [3.63, 3.8) is 0 Å². The fourth-order valence-corrected chi connectivity index (χ4v) is 8.51. The molecule has 4 rings (SSSR count). The monoisotopic (exact) mass is 282 g/mol. The average molecular weight is 282 g/mol. The van der Waals surface area contributed by atoms with Crippen molar-refractivity contribution in [1.29, 1.82) is 0 Å². The van der Waals surface area contributed by atoms with E-state index in [0.717, 1.165) is 25.0 Å². The molecule has 4 saturated heterocycles. The van der Waals surface area contributed by atoms with Gasteiger partial charge in [-0.25, -0.2) is 0 Å². The maximum absolute atomic E-state index is 6.37. The first-order valence-electron chi connectivity index (χ1n) is 8.00. The van der Waals surface area contributed by atoms with E-state index in [1.807, 2.05) is 0 Å². The molecule has 1 spiro atoms. The first-order chi connectivity index (χ1) is 9.19. The van der Waals surface area contributed by atoms with Crippen molar-refractivity contribution in [2.45, 2.75) is 51.6 Å². The minimum Gasteiger partial charge on any atom is -0.369 e. The molecule has 19 heavy (non-hydrogen) atoms. The second-order valence-corrected chi connectivity index (χ2v) is 9.95. The Bertz CT molecular complexity index is 333. The van der Waals surface area contributed by atoms with Gasteiger partial charge in [0.25, 0.3) is 0 Å². The summed E-state index contributed by atoms with van der Waals surface area (Å²) in [5.41, 5.74) is 0. The van der Waals surface area contributed by atoms with Crippen LogP contribution < -0.4 is 0 Å². The highest BCUT2D eigenvalue weighted by molar-refractivity contribution is 6.63. The van der Waals surface area contributed by atoms with Gasteiger partial charge < -0.3 is 8.85 Å². The molecule has 0 aromatic rings. The molecule has 5 heteroatoms. The molecule has 0 aromatic heterocycles. The van der Waals surface area contributed by atoms with Crippen LogP contribution in [0, 0.1) is 11.8 Å². The van der Waals surface area contributed by atoms with Gasteiger partial charge in [-0.3, -0.25) is 9.13 Å². The van der Waals surface area contributed by atoms with Crippen molar-refractivity contribution in [2.75, 3.05) is 26.3 Å². The van der Waals surface area contributed by atoms with Gasteiger partial charge in [-0.2, -0.15) is 0 Å². The third kappa shape index (κ3) is 1.86. The van der Waals surface area contributed by atoms with Gasteiger partial charge in [0, 0.05) is 12.1 Å². The van der Waals surface area contributed by atoms with E-state index < -0.39 is 8.88 Å². The van der Waals surface area contributed by atoms with Gasteiger partial charge in [0.05, 0.1) is 13.2 Å². The lowest BCUT2D eigenvalue weighted by atomic mass is 9.95. The molecule has 0 N–H and O–H groups in total. The van der Waals surface area contributed by atoms with E-state index in [-0.39, 0.29) is 0 Å². The second-order valence-electron chi connectivity index (χ2n) is 7.12. The summed E-state index contributed by atoms with van der Waals surface area (Å²) in [6, 6.07) is 1.27. The Labute approximate surface area is 117 Å². The van der Waals surface area contributed by atoms with Crippen LogP contribution in [0.15, 0.2) is 0 Å². The summed E-state index contributed by atoms with van der Waals surface area (Å²) in [6.45, 7) is 8.97. The molecule has 4 fully saturated rings. The molecular weight excluding hydrogens is 256 g/mol. The summed E-state index contributed by atoms with van der Waals surface area (Å²) in [5, 5.41) is 0. The van der Waals surface area contributed by atoms with Crippen LogP contribution in [-0.4, -0.2) is 56.4 Å². The van der Waals surface area contributed by atoms with Gasteiger partial charge in [-0.1, -0.05) is 13.8 Å². The van der Waals surface area contributed by atoms with E-state index in [1.165, 1.54) is 38.8 Å². The molecule has 0 aromatic carbocycles. The lowest BCUT2D eigenvalue weighted by molar-refractivity contribution is 0.150. The van der Waals surface area contributed by atoms with Crippen molar-refractivity contribution >= 4 is 8.88 Å². The molecule has 0 amide bonds. The number of piperidine rings is 2. The Hall–Kier alpha value is 0.0569. The van der Waals surface area contributed by atoms with Crippen LogP contribution in [0.3, 0.4) is 0 Å². The Balaban J connectivity index is 1.58. The number of hydrogen-bond donors (Lipinski definition) is 0. The maximum Gasteiger partial charge on any atom is 0.523 e. The predicted molar refractivity (Wildman–Crippen MR) is 75.4 cm³/mol. The zero-order valence-electron chi connectivity index (χ0n) is 12.2. The number of nitrogens with zero attached hydrogens (tertiary/aromatic N) is 2. The summed E-state index contributed by atoms with van der Waals surface area (Å²) in [4.78, 5) is 0. The van der Waals surface area contributed by atoms with Gasteiger partial charge in [0.1, 0.15) is 0 Å². The third-order valence-electron chi connectivity index (χ3n) is 5.61. The van der Waals surface area contributed by atoms with E-state index >= 15 is 0 Å². The van der Waals surface area contributed by atoms with Crippen LogP contribution in [0.5, 0.6) is 0 Å². The molecule has 0 bridgehead atoms. The average Bonchev–Trinajstić information content (AvgIpc) is 2.93. The van der Waals surface area contributed by atoms with Gasteiger partial charge in [-0.15, -0.1) is 0 Å². The topological polar surface area (TPSA) is 24.9 Å². The maximum atomic E-state index is 6.37. The van der Waals surface area contributed by atoms with E-state index in [4.69, 9.17) is 8.85 Å². The van der Waals surface area contributed by atoms with Crippen LogP contribution in [0.2, 0.25) is 0 Å². The summed E-state index contributed by atoms with van der Waals surface area (Å²) >= 11 is 0. The Morgan fingerprint density at radius 1 is 0.842 bits per heavy atom. The Morgan fingerprint density at radius 3 is 1.79 bits per heavy atom. The molecule has 0 saturated carbocycles. The van der Waals surface area contributed by atoms with Crippen LogP contribution in [0.4, 0.5) is 0 Å². The van der Waals surface area contributed by atoms with E-state index in [2.05, 4.69) is 23.0 Å². The summed E-state index contributed by atoms with van der Waals surface area (Å²) in [6.07, 6.45) is 5.22. The van der Waals surface area contributed by atoms with Gasteiger partial charge in [0.2, 0.25) is 0 Å². The minimum absolute atomic E-state index is 0.633. The Kier molecular flexibility index (Phi) is 3.04. The van der Waals surface area contributed by atoms with E-state index in [0.29, 0.717) is 12.1 Å². The Morgan fingerprint density at radius 2 is 1.32 bits per heavy atom. The van der Waals surface area contributed by atoms with Crippen molar-refractivity contribution in [2.24, 2.45) is 11.8 Å². The van der Waals surface area contributed by atoms with Crippen molar-refractivity contribution < 1.29 is 8.85 Å². The number of hydrogen-bond acceptors (Lipinski definition) is 4. The second kappa shape index (κ2) is 4.53. The summed E-state index contributed by atoms with van der Waals surface area (Å²) in [5.74, 6) is 1.71. The fraction of sp³-hybridized carbons (Fsp3) is 1.00. The predicted octanol–water partition coefficient (Wildman–Crippen LogP) is 1.68. The molecule has 4 heterocycles. The number of rotatable bonds is 0. The van der Waals surface area contributed by atoms with Crippen molar-refractivity contribution in [3.05, 3.63) is 0 Å². The lowest BCUT2D eigenvalue weighted by Gasteiger charge is -2.43. The minimum atomic E-state index is -2.19. The third-order valence-corrected chi connectivity index (χ3v) is 9.32. The molecule has 108 valence electrons. The zero-order chi connectivity index (χ0) is 13.0. The zero-order valence-corrected chi connectivity index (χ0v) is 13.2. The standard InChI is InChI=1S/C14H26N2O2Si/c1-11-3-5-15-13(7-11)9-17-19(15)16-6-4-12(2)8-14(16)10-18-19/h11-14H,3-10H2,1-2H3. The van der Waals surface area contributed by atoms with Crippen LogP contribution in [-0.2, 0) is 8.85 Å². The molecular formula is C14H26N2O2Si. The van der Waals surface area contributed by atoms with Crippen LogP contribution >= 0.6 is 0 Å². The molecule has 4 nitrogen and oxygen atoms in total. The van der Waals surface area contributed by atoms with Gasteiger partial charge >= 0.3 is 8.88 Å². The molecule has 4 unspecified atom stereocenters. The molecule has 0 aliphatic carbocycles. The van der Waals surface area contributed by atoms with E-state index in [1.54, 1.807) is 0 Å². The van der Waals surface area contributed by atoms with Crippen LogP contribution in [0.25, 0.3) is 0 Å². The first kappa shape index (κ1) is 12.8. The van der Waals surface area contributed by atoms with Gasteiger partial charge in [-0.05, 0) is 50.6 Å². The van der Waals surface area contributed by atoms with Crippen LogP contribution in [0.1, 0.15) is 39.5 Å². The summed E-state index contributed by atoms with van der Waals surface area (Å²) < 4.78 is 18.1. The van der Waals surface area contributed by atoms with E-state index in [9.17, 15) is 0 Å². The number of fused-ring (bicyclic) bond motifs is 4. The smallest absolute Gasteiger partial charge is 0.369 e. The highest BCUT2D eigenvalue weighted by atomic mass is 28.4. The van der Waals surface area contributed by atoms with Gasteiger partial charge in [0.15, 0.2) is 0 Å². The SMILES string of the molecule is CC1CCN2C(CO[Si]23OCC2CC(C)CCN23)C1. The quantitative estimate of drug-likeness (QED) is 0.631. The molecule has 4 atom stereocenters. The largest absolute Gasteiger partial charge is 0.523 e.